The second kappa shape index (κ2) is 9.09. The Bertz CT molecular complexity index is 1430. The Kier molecular flexibility index (Phi) is 5.94. The van der Waals surface area contributed by atoms with Crippen LogP contribution >= 0.6 is 12.2 Å². The van der Waals surface area contributed by atoms with Crippen LogP contribution in [0.3, 0.4) is 0 Å². The van der Waals surface area contributed by atoms with Gasteiger partial charge in [-0.05, 0) is 85.9 Å². The van der Waals surface area contributed by atoms with E-state index in [0.29, 0.717) is 29.8 Å². The first-order chi connectivity index (χ1) is 17.4. The third-order valence-electron chi connectivity index (χ3n) is 6.65. The standard InChI is InChI=1S/C26H21FN6O2S/c1-16-12-19(15-30-22(16)28-2)32-24(35)26(8-3-9-26)33(25(32)36)18-4-5-20(21(27)13-18)23(34)31-14-17-6-10-29-11-7-17/h4-7,10-13,15H,3,8-9,14H2,1H3,(H,31,34). The van der Waals surface area contributed by atoms with Crippen molar-refractivity contribution in [2.24, 2.45) is 0 Å². The molecule has 2 amide bonds. The normalized spacial score (nSPS) is 16.1. The monoisotopic (exact) mass is 500 g/mol. The summed E-state index contributed by atoms with van der Waals surface area (Å²) in [6.45, 7) is 9.20. The van der Waals surface area contributed by atoms with Crippen LogP contribution in [0, 0.1) is 19.3 Å². The summed E-state index contributed by atoms with van der Waals surface area (Å²) in [5.74, 6) is -1.19. The number of aromatic nitrogens is 2. The van der Waals surface area contributed by atoms with E-state index in [0.717, 1.165) is 12.0 Å². The van der Waals surface area contributed by atoms with E-state index in [2.05, 4.69) is 20.1 Å². The molecule has 8 nitrogen and oxygen atoms in total. The van der Waals surface area contributed by atoms with Gasteiger partial charge in [-0.3, -0.25) is 19.5 Å². The molecule has 0 bridgehead atoms. The van der Waals surface area contributed by atoms with Gasteiger partial charge in [-0.15, -0.1) is 4.98 Å². The maximum atomic E-state index is 15.2. The number of carbonyl (C=O) groups excluding carboxylic acids is 2. The summed E-state index contributed by atoms with van der Waals surface area (Å²) in [4.78, 5) is 40.8. The maximum Gasteiger partial charge on any atom is 0.272 e. The van der Waals surface area contributed by atoms with Gasteiger partial charge in [0.15, 0.2) is 5.11 Å². The van der Waals surface area contributed by atoms with Crippen molar-refractivity contribution >= 4 is 46.3 Å². The molecule has 1 aliphatic carbocycles. The number of halogens is 1. The zero-order chi connectivity index (χ0) is 25.4. The number of aryl methyl sites for hydroxylation is 1. The fourth-order valence-corrected chi connectivity index (χ4v) is 5.07. The summed E-state index contributed by atoms with van der Waals surface area (Å²) in [5.41, 5.74) is 1.35. The fraction of sp³-hybridized carbons (Fsp3) is 0.231. The number of carbonyl (C=O) groups is 2. The lowest BCUT2D eigenvalue weighted by Crippen LogP contribution is -2.55. The van der Waals surface area contributed by atoms with Gasteiger partial charge in [0.05, 0.1) is 11.3 Å². The van der Waals surface area contributed by atoms with Crippen molar-refractivity contribution in [1.29, 1.82) is 0 Å². The van der Waals surface area contributed by atoms with Gasteiger partial charge in [0, 0.05) is 24.6 Å². The number of pyridine rings is 2. The predicted molar refractivity (Wildman–Crippen MR) is 136 cm³/mol. The number of hydrogen-bond acceptors (Lipinski definition) is 5. The quantitative estimate of drug-likeness (QED) is 0.411. The van der Waals surface area contributed by atoms with Crippen LogP contribution in [0.25, 0.3) is 4.85 Å². The molecule has 3 aromatic rings. The smallest absolute Gasteiger partial charge is 0.272 e. The highest BCUT2D eigenvalue weighted by molar-refractivity contribution is 7.81. The molecule has 2 aromatic heterocycles. The molecule has 180 valence electrons. The van der Waals surface area contributed by atoms with E-state index in [1.807, 2.05) is 0 Å². The topological polar surface area (TPSA) is 82.8 Å². The molecule has 1 aromatic carbocycles. The van der Waals surface area contributed by atoms with E-state index in [9.17, 15) is 9.59 Å². The number of benzene rings is 1. The van der Waals surface area contributed by atoms with Gasteiger partial charge in [-0.25, -0.2) is 4.39 Å². The maximum absolute atomic E-state index is 15.2. The highest BCUT2D eigenvalue weighted by atomic mass is 32.1. The first-order valence-electron chi connectivity index (χ1n) is 11.4. The third-order valence-corrected chi connectivity index (χ3v) is 7.02. The SMILES string of the molecule is [C-]#[N+]c1ncc(N2C(=O)C3(CCC3)N(c3ccc(C(=O)NCc4ccncc4)c(F)c3)C2=S)cc1C. The van der Waals surface area contributed by atoms with Gasteiger partial charge in [0.1, 0.15) is 17.6 Å². The minimum absolute atomic E-state index is 0.0988. The molecule has 36 heavy (non-hydrogen) atoms. The van der Waals surface area contributed by atoms with Crippen molar-refractivity contribution in [3.63, 3.8) is 0 Å². The number of amides is 2. The minimum Gasteiger partial charge on any atom is -0.360 e. The summed E-state index contributed by atoms with van der Waals surface area (Å²) in [6.07, 6.45) is 6.68. The molecule has 2 fully saturated rings. The lowest BCUT2D eigenvalue weighted by molar-refractivity contribution is -0.123. The van der Waals surface area contributed by atoms with Crippen LogP contribution < -0.4 is 15.1 Å². The molecule has 0 atom stereocenters. The highest BCUT2D eigenvalue weighted by Crippen LogP contribution is 2.48. The lowest BCUT2D eigenvalue weighted by Gasteiger charge is -2.43. The molecule has 1 saturated heterocycles. The van der Waals surface area contributed by atoms with Crippen LogP contribution in [0.1, 0.15) is 40.7 Å². The second-order valence-corrected chi connectivity index (χ2v) is 9.16. The van der Waals surface area contributed by atoms with Crippen LogP contribution in [-0.2, 0) is 11.3 Å². The summed E-state index contributed by atoms with van der Waals surface area (Å²) in [7, 11) is 0. The number of nitrogens with zero attached hydrogens (tertiary/aromatic N) is 5. The summed E-state index contributed by atoms with van der Waals surface area (Å²) >= 11 is 5.72. The van der Waals surface area contributed by atoms with E-state index in [1.54, 1.807) is 48.5 Å². The average Bonchev–Trinajstić information content (AvgIpc) is 3.09. The Morgan fingerprint density at radius 2 is 1.97 bits per heavy atom. The molecular formula is C26H21FN6O2S. The van der Waals surface area contributed by atoms with Gasteiger partial charge >= 0.3 is 0 Å². The Morgan fingerprint density at radius 1 is 1.22 bits per heavy atom. The fourth-order valence-electron chi connectivity index (χ4n) is 4.61. The Morgan fingerprint density at radius 3 is 2.58 bits per heavy atom. The molecule has 1 spiro atoms. The summed E-state index contributed by atoms with van der Waals surface area (Å²) < 4.78 is 15.2. The minimum atomic E-state index is -0.902. The van der Waals surface area contributed by atoms with Crippen molar-refractivity contribution in [2.45, 2.75) is 38.3 Å². The van der Waals surface area contributed by atoms with Crippen LogP contribution in [0.5, 0.6) is 0 Å². The van der Waals surface area contributed by atoms with Crippen molar-refractivity contribution < 1.29 is 14.0 Å². The Labute approximate surface area is 212 Å². The number of anilines is 2. The molecule has 1 saturated carbocycles. The average molecular weight is 501 g/mol. The predicted octanol–water partition coefficient (Wildman–Crippen LogP) is 4.47. The van der Waals surface area contributed by atoms with E-state index >= 15 is 4.39 Å². The molecule has 0 unspecified atom stereocenters. The first-order valence-corrected chi connectivity index (χ1v) is 11.8. The van der Waals surface area contributed by atoms with Crippen molar-refractivity contribution in [3.8, 4) is 0 Å². The number of hydrogen-bond donors (Lipinski definition) is 1. The largest absolute Gasteiger partial charge is 0.360 e. The van der Waals surface area contributed by atoms with Crippen molar-refractivity contribution in [3.05, 3.63) is 88.9 Å². The van der Waals surface area contributed by atoms with Gasteiger partial charge in [-0.1, -0.05) is 6.57 Å². The van der Waals surface area contributed by atoms with Crippen molar-refractivity contribution in [2.75, 3.05) is 9.80 Å². The highest BCUT2D eigenvalue weighted by Gasteiger charge is 2.59. The second-order valence-electron chi connectivity index (χ2n) is 8.79. The van der Waals surface area contributed by atoms with Gasteiger partial charge < -0.3 is 15.1 Å². The van der Waals surface area contributed by atoms with E-state index < -0.39 is 17.3 Å². The zero-order valence-electron chi connectivity index (χ0n) is 19.4. The van der Waals surface area contributed by atoms with E-state index in [4.69, 9.17) is 18.8 Å². The molecule has 1 aliphatic heterocycles. The molecule has 2 aliphatic rings. The van der Waals surface area contributed by atoms with Crippen LogP contribution in [0.2, 0.25) is 0 Å². The molecule has 10 heteroatoms. The Balaban J connectivity index is 1.43. The molecule has 0 radical (unpaired) electrons. The van der Waals surface area contributed by atoms with Crippen LogP contribution in [0.15, 0.2) is 55.0 Å². The molecule has 1 N–H and O–H groups in total. The van der Waals surface area contributed by atoms with E-state index in [-0.39, 0.29) is 28.9 Å². The summed E-state index contributed by atoms with van der Waals surface area (Å²) in [6, 6.07) is 9.50. The van der Waals surface area contributed by atoms with Crippen LogP contribution in [-0.4, -0.2) is 32.4 Å². The number of nitrogens with one attached hydrogen (secondary N) is 1. The molecular weight excluding hydrogens is 479 g/mol. The number of rotatable bonds is 5. The van der Waals surface area contributed by atoms with Gasteiger partial charge in [-0.2, -0.15) is 0 Å². The zero-order valence-corrected chi connectivity index (χ0v) is 20.2. The van der Waals surface area contributed by atoms with Crippen molar-refractivity contribution in [1.82, 2.24) is 15.3 Å². The van der Waals surface area contributed by atoms with Gasteiger partial charge in [0.25, 0.3) is 17.6 Å². The van der Waals surface area contributed by atoms with Crippen LogP contribution in [0.4, 0.5) is 21.6 Å². The van der Waals surface area contributed by atoms with Gasteiger partial charge in [0.2, 0.25) is 0 Å². The lowest BCUT2D eigenvalue weighted by atomic mass is 9.75. The first kappa shape index (κ1) is 23.5. The Hall–Kier alpha value is -4.23. The molecule has 5 rings (SSSR count). The third kappa shape index (κ3) is 3.78. The molecule has 3 heterocycles. The van der Waals surface area contributed by atoms with E-state index in [1.165, 1.54) is 23.2 Å². The number of thiocarbonyl (C=S) groups is 1. The summed E-state index contributed by atoms with van der Waals surface area (Å²) in [5, 5.41) is 2.92.